The Bertz CT molecular complexity index is 449. The number of anilines is 1. The van der Waals surface area contributed by atoms with Gasteiger partial charge >= 0.3 is 0 Å². The summed E-state index contributed by atoms with van der Waals surface area (Å²) in [6.45, 7) is 2.06. The van der Waals surface area contributed by atoms with Gasteiger partial charge in [0.05, 0.1) is 13.1 Å². The lowest BCUT2D eigenvalue weighted by Crippen LogP contribution is -2.36. The van der Waals surface area contributed by atoms with E-state index in [2.05, 4.69) is 16.0 Å². The normalized spacial score (nSPS) is 9.94. The molecule has 0 atom stereocenters. The van der Waals surface area contributed by atoms with Crippen LogP contribution in [0.2, 0.25) is 5.02 Å². The summed E-state index contributed by atoms with van der Waals surface area (Å²) in [4.78, 5) is 22.5. The molecule has 0 aromatic heterocycles. The third-order valence-electron chi connectivity index (χ3n) is 2.32. The van der Waals surface area contributed by atoms with Gasteiger partial charge in [-0.3, -0.25) is 14.9 Å². The lowest BCUT2D eigenvalue weighted by atomic mass is 10.2. The molecular weight excluding hydrogens is 254 g/mol. The zero-order valence-electron chi connectivity index (χ0n) is 10.3. The summed E-state index contributed by atoms with van der Waals surface area (Å²) in [5.41, 5.74) is 1.60. The maximum atomic E-state index is 11.6. The largest absolute Gasteiger partial charge is 0.358 e. The summed E-state index contributed by atoms with van der Waals surface area (Å²) in [6, 6.07) is 5.28. The minimum Gasteiger partial charge on any atom is -0.358 e. The smallest absolute Gasteiger partial charge is 0.238 e. The second-order valence-corrected chi connectivity index (χ2v) is 4.22. The van der Waals surface area contributed by atoms with Crippen molar-refractivity contribution in [3.63, 3.8) is 0 Å². The minimum absolute atomic E-state index is 0.0688. The molecule has 98 valence electrons. The van der Waals surface area contributed by atoms with Crippen LogP contribution in [0.4, 0.5) is 5.69 Å². The van der Waals surface area contributed by atoms with E-state index < -0.39 is 0 Å². The molecule has 0 spiro atoms. The average molecular weight is 270 g/mol. The first-order valence-electron chi connectivity index (χ1n) is 5.50. The number of likely N-dealkylation sites (N-methyl/N-ethyl adjacent to an activating group) is 1. The monoisotopic (exact) mass is 269 g/mol. The van der Waals surface area contributed by atoms with Gasteiger partial charge in [-0.05, 0) is 24.6 Å². The number of carbonyl (C=O) groups is 2. The van der Waals surface area contributed by atoms with Crippen molar-refractivity contribution in [2.45, 2.75) is 6.92 Å². The van der Waals surface area contributed by atoms with Gasteiger partial charge in [-0.15, -0.1) is 0 Å². The fourth-order valence-electron chi connectivity index (χ4n) is 1.30. The number of hydrogen-bond acceptors (Lipinski definition) is 3. The van der Waals surface area contributed by atoms with Crippen molar-refractivity contribution in [1.29, 1.82) is 0 Å². The van der Waals surface area contributed by atoms with Gasteiger partial charge in [-0.25, -0.2) is 0 Å². The highest BCUT2D eigenvalue weighted by Crippen LogP contribution is 2.19. The van der Waals surface area contributed by atoms with E-state index in [1.165, 1.54) is 0 Å². The van der Waals surface area contributed by atoms with Crippen LogP contribution in [0.1, 0.15) is 5.56 Å². The molecule has 0 bridgehead atoms. The molecular formula is C12H16ClN3O2. The van der Waals surface area contributed by atoms with Crippen LogP contribution < -0.4 is 16.0 Å². The van der Waals surface area contributed by atoms with Crippen molar-refractivity contribution in [3.05, 3.63) is 28.8 Å². The van der Waals surface area contributed by atoms with Gasteiger partial charge in [-0.2, -0.15) is 0 Å². The molecule has 2 amide bonds. The van der Waals surface area contributed by atoms with Crippen molar-refractivity contribution in [3.8, 4) is 0 Å². The number of carbonyl (C=O) groups excluding carboxylic acids is 2. The molecule has 1 aromatic rings. The molecule has 0 radical (unpaired) electrons. The average Bonchev–Trinajstić information content (AvgIpc) is 2.33. The third kappa shape index (κ3) is 4.73. The van der Waals surface area contributed by atoms with E-state index >= 15 is 0 Å². The van der Waals surface area contributed by atoms with Crippen LogP contribution in [0.15, 0.2) is 18.2 Å². The quantitative estimate of drug-likeness (QED) is 0.745. The van der Waals surface area contributed by atoms with Crippen molar-refractivity contribution < 1.29 is 9.59 Å². The van der Waals surface area contributed by atoms with Crippen LogP contribution in [0.25, 0.3) is 0 Å². The Kier molecular flexibility index (Phi) is 5.61. The van der Waals surface area contributed by atoms with Gasteiger partial charge in [0.15, 0.2) is 0 Å². The van der Waals surface area contributed by atoms with Crippen LogP contribution in [0, 0.1) is 6.92 Å². The number of amides is 2. The Morgan fingerprint density at radius 3 is 2.56 bits per heavy atom. The van der Waals surface area contributed by atoms with E-state index in [0.29, 0.717) is 10.7 Å². The molecule has 0 saturated carbocycles. The van der Waals surface area contributed by atoms with E-state index in [-0.39, 0.29) is 24.9 Å². The molecule has 0 aliphatic heterocycles. The first kappa shape index (κ1) is 14.5. The summed E-state index contributed by atoms with van der Waals surface area (Å²) < 4.78 is 0. The zero-order chi connectivity index (χ0) is 13.5. The van der Waals surface area contributed by atoms with Crippen LogP contribution in [-0.2, 0) is 9.59 Å². The van der Waals surface area contributed by atoms with Gasteiger partial charge < -0.3 is 10.6 Å². The van der Waals surface area contributed by atoms with Crippen LogP contribution in [-0.4, -0.2) is 32.0 Å². The molecule has 0 fully saturated rings. The summed E-state index contributed by atoms with van der Waals surface area (Å²) in [5.74, 6) is -0.383. The molecule has 1 rings (SSSR count). The Labute approximate surface area is 111 Å². The molecule has 1 aromatic carbocycles. The molecule has 5 nitrogen and oxygen atoms in total. The Hall–Kier alpha value is -1.59. The summed E-state index contributed by atoms with van der Waals surface area (Å²) in [5, 5.41) is 8.48. The third-order valence-corrected chi connectivity index (χ3v) is 2.56. The molecule has 0 aliphatic rings. The molecule has 6 heteroatoms. The maximum Gasteiger partial charge on any atom is 0.238 e. The Balaban J connectivity index is 2.44. The fraction of sp³-hybridized carbons (Fsp3) is 0.333. The van der Waals surface area contributed by atoms with Crippen molar-refractivity contribution >= 4 is 29.1 Å². The van der Waals surface area contributed by atoms with Gasteiger partial charge in [0.25, 0.3) is 0 Å². The number of nitrogens with one attached hydrogen (secondary N) is 3. The number of rotatable bonds is 5. The SMILES string of the molecule is CNC(=O)CNCC(=O)Nc1cc(Cl)ccc1C. The zero-order valence-corrected chi connectivity index (χ0v) is 11.1. The summed E-state index contributed by atoms with van der Waals surface area (Å²) in [7, 11) is 1.54. The molecule has 0 heterocycles. The molecule has 3 N–H and O–H groups in total. The highest BCUT2D eigenvalue weighted by Gasteiger charge is 2.06. The van der Waals surface area contributed by atoms with Gasteiger partial charge in [0.1, 0.15) is 0 Å². The van der Waals surface area contributed by atoms with E-state index in [1.54, 1.807) is 19.2 Å². The Morgan fingerprint density at radius 2 is 1.89 bits per heavy atom. The Morgan fingerprint density at radius 1 is 1.22 bits per heavy atom. The van der Waals surface area contributed by atoms with E-state index in [1.807, 2.05) is 13.0 Å². The van der Waals surface area contributed by atoms with Gasteiger partial charge in [0.2, 0.25) is 11.8 Å². The second kappa shape index (κ2) is 6.98. The predicted octanol–water partition coefficient (Wildman–Crippen LogP) is 0.923. The minimum atomic E-state index is -0.218. The summed E-state index contributed by atoms with van der Waals surface area (Å²) >= 11 is 5.85. The van der Waals surface area contributed by atoms with Crippen molar-refractivity contribution in [2.24, 2.45) is 0 Å². The van der Waals surface area contributed by atoms with Crippen LogP contribution >= 0.6 is 11.6 Å². The molecule has 0 saturated heterocycles. The topological polar surface area (TPSA) is 70.2 Å². The lowest BCUT2D eigenvalue weighted by molar-refractivity contribution is -0.119. The second-order valence-electron chi connectivity index (χ2n) is 3.78. The fourth-order valence-corrected chi connectivity index (χ4v) is 1.47. The highest BCUT2D eigenvalue weighted by atomic mass is 35.5. The predicted molar refractivity (Wildman–Crippen MR) is 71.8 cm³/mol. The van der Waals surface area contributed by atoms with Crippen molar-refractivity contribution in [2.75, 3.05) is 25.5 Å². The highest BCUT2D eigenvalue weighted by molar-refractivity contribution is 6.31. The van der Waals surface area contributed by atoms with E-state index in [9.17, 15) is 9.59 Å². The molecule has 0 unspecified atom stereocenters. The standard InChI is InChI=1S/C12H16ClN3O2/c1-8-3-4-9(13)5-10(8)16-12(18)7-15-6-11(17)14-2/h3-5,15H,6-7H2,1-2H3,(H,14,17)(H,16,18). The van der Waals surface area contributed by atoms with Crippen LogP contribution in [0.3, 0.4) is 0 Å². The number of benzene rings is 1. The molecule has 18 heavy (non-hydrogen) atoms. The van der Waals surface area contributed by atoms with Gasteiger partial charge in [-0.1, -0.05) is 17.7 Å². The first-order chi connectivity index (χ1) is 8.52. The van der Waals surface area contributed by atoms with E-state index in [4.69, 9.17) is 11.6 Å². The maximum absolute atomic E-state index is 11.6. The van der Waals surface area contributed by atoms with Gasteiger partial charge in [0, 0.05) is 17.8 Å². The number of hydrogen-bond donors (Lipinski definition) is 3. The summed E-state index contributed by atoms with van der Waals surface area (Å²) in [6.07, 6.45) is 0. The number of aryl methyl sites for hydroxylation is 1. The van der Waals surface area contributed by atoms with E-state index in [0.717, 1.165) is 5.56 Å². The lowest BCUT2D eigenvalue weighted by Gasteiger charge is -2.09. The first-order valence-corrected chi connectivity index (χ1v) is 5.88. The van der Waals surface area contributed by atoms with Crippen LogP contribution in [0.5, 0.6) is 0 Å². The number of halogens is 1. The van der Waals surface area contributed by atoms with Crippen molar-refractivity contribution in [1.82, 2.24) is 10.6 Å². The molecule has 0 aliphatic carbocycles.